The quantitative estimate of drug-likeness (QED) is 0.792. The van der Waals surface area contributed by atoms with Crippen molar-refractivity contribution in [2.45, 2.75) is 11.3 Å². The Balaban J connectivity index is 2.22. The summed E-state index contributed by atoms with van der Waals surface area (Å²) in [7, 11) is -0.273. The van der Waals surface area contributed by atoms with Crippen molar-refractivity contribution >= 4 is 21.6 Å². The lowest BCUT2D eigenvalue weighted by atomic mass is 10.0. The molecule has 0 amide bonds. The number of rotatable bonds is 6. The molecule has 2 rings (SSSR count). The Bertz CT molecular complexity index is 581. The van der Waals surface area contributed by atoms with Gasteiger partial charge in [0, 0.05) is 25.7 Å². The summed E-state index contributed by atoms with van der Waals surface area (Å²) in [5.74, 6) is 0. The van der Waals surface area contributed by atoms with Gasteiger partial charge in [0.25, 0.3) is 0 Å². The Kier molecular flexibility index (Phi) is 5.59. The second kappa shape index (κ2) is 7.04. The minimum atomic E-state index is -3.52. The van der Waals surface area contributed by atoms with Crippen LogP contribution in [0.2, 0.25) is 5.02 Å². The molecular weight excluding hydrogens is 316 g/mol. The summed E-state index contributed by atoms with van der Waals surface area (Å²) in [6.45, 7) is 0.668. The Hall–Kier alpha value is -0.700. The number of ether oxygens (including phenoxy) is 1. The maximum Gasteiger partial charge on any atom is 0.218 e. The standard InChI is InChI=1S/C13H19ClN2O4S/c1-16-13(10-4-3-5-11(14)8-10)12(9-20-16)21(17,18)15-6-7-19-2/h3-5,8,12-13,15H,6-7,9H2,1-2H3. The molecule has 0 radical (unpaired) electrons. The number of nitrogens with one attached hydrogen (secondary N) is 1. The zero-order valence-electron chi connectivity index (χ0n) is 12.0. The molecule has 0 aliphatic carbocycles. The molecule has 1 saturated heterocycles. The van der Waals surface area contributed by atoms with Crippen LogP contribution < -0.4 is 4.72 Å². The van der Waals surface area contributed by atoms with E-state index in [2.05, 4.69) is 4.72 Å². The third-order valence-corrected chi connectivity index (χ3v) is 5.42. The molecule has 0 bridgehead atoms. The van der Waals surface area contributed by atoms with Crippen LogP contribution in [0.1, 0.15) is 11.6 Å². The number of hydroxylamine groups is 2. The normalized spacial score (nSPS) is 23.6. The number of hydrogen-bond acceptors (Lipinski definition) is 5. The lowest BCUT2D eigenvalue weighted by Crippen LogP contribution is -2.40. The summed E-state index contributed by atoms with van der Waals surface area (Å²) in [5, 5.41) is 1.43. The summed E-state index contributed by atoms with van der Waals surface area (Å²) in [5.41, 5.74) is 0.810. The van der Waals surface area contributed by atoms with Crippen LogP contribution in [0.25, 0.3) is 0 Å². The predicted octanol–water partition coefficient (Wildman–Crippen LogP) is 1.19. The van der Waals surface area contributed by atoms with Gasteiger partial charge in [0.05, 0.1) is 19.3 Å². The molecular formula is C13H19ClN2O4S. The fourth-order valence-electron chi connectivity index (χ4n) is 2.36. The monoisotopic (exact) mass is 334 g/mol. The molecule has 1 aromatic carbocycles. The Morgan fingerprint density at radius 1 is 1.52 bits per heavy atom. The van der Waals surface area contributed by atoms with Gasteiger partial charge in [0.15, 0.2) is 0 Å². The summed E-state index contributed by atoms with van der Waals surface area (Å²) in [4.78, 5) is 5.40. The van der Waals surface area contributed by atoms with Gasteiger partial charge in [-0.2, -0.15) is 5.06 Å². The lowest BCUT2D eigenvalue weighted by molar-refractivity contribution is -0.110. The topological polar surface area (TPSA) is 67.9 Å². The van der Waals surface area contributed by atoms with Gasteiger partial charge in [-0.05, 0) is 17.7 Å². The first kappa shape index (κ1) is 16.7. The van der Waals surface area contributed by atoms with Crippen LogP contribution in [0.5, 0.6) is 0 Å². The third-order valence-electron chi connectivity index (χ3n) is 3.38. The van der Waals surface area contributed by atoms with E-state index in [0.717, 1.165) is 5.56 Å². The van der Waals surface area contributed by atoms with E-state index < -0.39 is 21.3 Å². The minimum absolute atomic E-state index is 0.107. The number of hydrogen-bond donors (Lipinski definition) is 1. The van der Waals surface area contributed by atoms with Gasteiger partial charge in [-0.1, -0.05) is 23.7 Å². The number of sulfonamides is 1. The molecule has 0 aromatic heterocycles. The van der Waals surface area contributed by atoms with E-state index in [1.165, 1.54) is 7.11 Å². The van der Waals surface area contributed by atoms with Crippen molar-refractivity contribution in [3.63, 3.8) is 0 Å². The Labute approximate surface area is 130 Å². The lowest BCUT2D eigenvalue weighted by Gasteiger charge is -2.23. The van der Waals surface area contributed by atoms with Gasteiger partial charge in [-0.25, -0.2) is 13.1 Å². The molecule has 1 heterocycles. The number of nitrogens with zero attached hydrogens (tertiary/aromatic N) is 1. The van der Waals surface area contributed by atoms with E-state index in [9.17, 15) is 8.42 Å². The molecule has 1 aliphatic heterocycles. The van der Waals surface area contributed by atoms with Crippen LogP contribution in [-0.4, -0.2) is 52.6 Å². The zero-order chi connectivity index (χ0) is 15.5. The van der Waals surface area contributed by atoms with E-state index in [-0.39, 0.29) is 13.2 Å². The molecule has 0 saturated carbocycles. The highest BCUT2D eigenvalue weighted by Crippen LogP contribution is 2.34. The average Bonchev–Trinajstić information content (AvgIpc) is 2.81. The largest absolute Gasteiger partial charge is 0.383 e. The van der Waals surface area contributed by atoms with Crippen molar-refractivity contribution < 1.29 is 18.0 Å². The van der Waals surface area contributed by atoms with Crippen LogP contribution in [-0.2, 0) is 19.6 Å². The fourth-order valence-corrected chi connectivity index (χ4v) is 4.05. The van der Waals surface area contributed by atoms with Crippen molar-refractivity contribution in [2.75, 3.05) is 33.9 Å². The third kappa shape index (κ3) is 3.94. The smallest absolute Gasteiger partial charge is 0.218 e. The van der Waals surface area contributed by atoms with Gasteiger partial charge in [0.1, 0.15) is 5.25 Å². The molecule has 1 aromatic rings. The summed E-state index contributed by atoms with van der Waals surface area (Å²) >= 11 is 5.99. The van der Waals surface area contributed by atoms with Gasteiger partial charge in [-0.15, -0.1) is 0 Å². The van der Waals surface area contributed by atoms with E-state index in [4.69, 9.17) is 21.2 Å². The van der Waals surface area contributed by atoms with Gasteiger partial charge in [0.2, 0.25) is 10.0 Å². The van der Waals surface area contributed by atoms with Gasteiger partial charge < -0.3 is 4.74 Å². The number of benzene rings is 1. The summed E-state index contributed by atoms with van der Waals surface area (Å²) in [6, 6.07) is 6.75. The van der Waals surface area contributed by atoms with Crippen molar-refractivity contribution in [1.82, 2.24) is 9.79 Å². The van der Waals surface area contributed by atoms with E-state index in [1.807, 2.05) is 6.07 Å². The molecule has 8 heteroatoms. The van der Waals surface area contributed by atoms with Crippen LogP contribution in [0.3, 0.4) is 0 Å². The van der Waals surface area contributed by atoms with Crippen molar-refractivity contribution in [1.29, 1.82) is 0 Å². The van der Waals surface area contributed by atoms with Crippen LogP contribution >= 0.6 is 11.6 Å². The SMILES string of the molecule is COCCNS(=O)(=O)C1CON(C)C1c1cccc(Cl)c1. The maximum absolute atomic E-state index is 12.4. The molecule has 6 nitrogen and oxygen atoms in total. The second-order valence-electron chi connectivity index (χ2n) is 4.81. The second-order valence-corrected chi connectivity index (χ2v) is 7.23. The number of halogens is 1. The first-order chi connectivity index (χ1) is 9.95. The highest BCUT2D eigenvalue weighted by Gasteiger charge is 2.43. The molecule has 1 N–H and O–H groups in total. The van der Waals surface area contributed by atoms with Crippen LogP contribution in [0.15, 0.2) is 24.3 Å². The summed E-state index contributed by atoms with van der Waals surface area (Å²) < 4.78 is 32.2. The molecule has 1 fully saturated rings. The van der Waals surface area contributed by atoms with Gasteiger partial charge >= 0.3 is 0 Å². The van der Waals surface area contributed by atoms with E-state index >= 15 is 0 Å². The Morgan fingerprint density at radius 2 is 2.29 bits per heavy atom. The molecule has 0 spiro atoms. The fraction of sp³-hybridized carbons (Fsp3) is 0.538. The first-order valence-electron chi connectivity index (χ1n) is 6.54. The maximum atomic E-state index is 12.4. The minimum Gasteiger partial charge on any atom is -0.383 e. The van der Waals surface area contributed by atoms with Crippen molar-refractivity contribution in [3.8, 4) is 0 Å². The summed E-state index contributed by atoms with van der Waals surface area (Å²) in [6.07, 6.45) is 0. The molecule has 21 heavy (non-hydrogen) atoms. The highest BCUT2D eigenvalue weighted by atomic mass is 35.5. The van der Waals surface area contributed by atoms with E-state index in [1.54, 1.807) is 30.3 Å². The van der Waals surface area contributed by atoms with Crippen molar-refractivity contribution in [2.24, 2.45) is 0 Å². The molecule has 2 atom stereocenters. The molecule has 1 aliphatic rings. The van der Waals surface area contributed by atoms with Gasteiger partial charge in [-0.3, -0.25) is 4.84 Å². The van der Waals surface area contributed by atoms with E-state index in [0.29, 0.717) is 11.6 Å². The number of methoxy groups -OCH3 is 1. The first-order valence-corrected chi connectivity index (χ1v) is 8.47. The van der Waals surface area contributed by atoms with Crippen molar-refractivity contribution in [3.05, 3.63) is 34.9 Å². The molecule has 2 unspecified atom stereocenters. The average molecular weight is 335 g/mol. The zero-order valence-corrected chi connectivity index (χ0v) is 13.5. The van der Waals surface area contributed by atoms with Crippen LogP contribution in [0, 0.1) is 0 Å². The van der Waals surface area contributed by atoms with Crippen LogP contribution in [0.4, 0.5) is 0 Å². The Morgan fingerprint density at radius 3 is 2.95 bits per heavy atom. The molecule has 118 valence electrons. The highest BCUT2D eigenvalue weighted by molar-refractivity contribution is 7.90. The predicted molar refractivity (Wildman–Crippen MR) is 80.5 cm³/mol.